The Balaban J connectivity index is 3.04. The van der Waals surface area contributed by atoms with Gasteiger partial charge in [0, 0.05) is 25.6 Å². The molecule has 2 N–H and O–H groups in total. The second-order valence-electron chi connectivity index (χ2n) is 5.05. The van der Waals surface area contributed by atoms with Crippen molar-refractivity contribution < 1.29 is 23.1 Å². The Morgan fingerprint density at radius 3 is 2.71 bits per heavy atom. The molecule has 0 bridgehead atoms. The molecule has 0 aliphatic heterocycles. The molecule has 0 fully saturated rings. The van der Waals surface area contributed by atoms with E-state index in [9.17, 15) is 13.2 Å². The number of hydrogen-bond donors (Lipinski definition) is 2. The van der Waals surface area contributed by atoms with Gasteiger partial charge in [-0.15, -0.1) is 0 Å². The molecule has 0 aromatic carbocycles. The summed E-state index contributed by atoms with van der Waals surface area (Å²) in [5, 5.41) is 8.56. The van der Waals surface area contributed by atoms with Crippen LogP contribution in [0.2, 0.25) is 0 Å². The molecule has 1 aromatic heterocycles. The van der Waals surface area contributed by atoms with Crippen LogP contribution < -0.4 is 4.72 Å². The van der Waals surface area contributed by atoms with Crippen LogP contribution in [0.5, 0.6) is 0 Å². The van der Waals surface area contributed by atoms with Gasteiger partial charge in [-0.2, -0.15) is 0 Å². The zero-order valence-corrected chi connectivity index (χ0v) is 12.8. The predicted molar refractivity (Wildman–Crippen MR) is 77.2 cm³/mol. The summed E-state index contributed by atoms with van der Waals surface area (Å²) >= 11 is 0. The minimum atomic E-state index is -3.78. The fourth-order valence-corrected chi connectivity index (χ4v) is 3.05. The van der Waals surface area contributed by atoms with Gasteiger partial charge in [0.1, 0.15) is 4.90 Å². The lowest BCUT2D eigenvalue weighted by molar-refractivity contribution is -0.131. The van der Waals surface area contributed by atoms with Crippen molar-refractivity contribution in [2.24, 2.45) is 0 Å². The van der Waals surface area contributed by atoms with Gasteiger partial charge in [-0.3, -0.25) is 4.98 Å². The van der Waals surface area contributed by atoms with Crippen molar-refractivity contribution in [2.75, 3.05) is 13.7 Å². The number of carboxylic acids is 1. The summed E-state index contributed by atoms with van der Waals surface area (Å²) in [6.45, 7) is 3.59. The number of rotatable bonds is 7. The number of nitrogens with one attached hydrogen (secondary N) is 1. The molecule has 0 aliphatic carbocycles. The average Bonchev–Trinajstić information content (AvgIpc) is 2.35. The van der Waals surface area contributed by atoms with Gasteiger partial charge >= 0.3 is 5.97 Å². The predicted octanol–water partition coefficient (Wildman–Crippen LogP) is 0.883. The summed E-state index contributed by atoms with van der Waals surface area (Å²) in [6, 6.07) is 1.34. The maximum Gasteiger partial charge on any atom is 0.328 e. The van der Waals surface area contributed by atoms with Crippen molar-refractivity contribution in [1.29, 1.82) is 0 Å². The average molecular weight is 314 g/mol. The van der Waals surface area contributed by atoms with Gasteiger partial charge in [0.15, 0.2) is 0 Å². The Morgan fingerprint density at radius 2 is 2.14 bits per heavy atom. The molecule has 116 valence electrons. The van der Waals surface area contributed by atoms with E-state index in [1.165, 1.54) is 31.6 Å². The molecular formula is C13H18N2O5S. The molecule has 7 nitrogen and oxygen atoms in total. The summed E-state index contributed by atoms with van der Waals surface area (Å²) in [5.41, 5.74) is -0.398. The highest BCUT2D eigenvalue weighted by molar-refractivity contribution is 7.89. The normalized spacial score (nSPS) is 12.7. The van der Waals surface area contributed by atoms with Gasteiger partial charge in [0.25, 0.3) is 0 Å². The first kappa shape index (κ1) is 17.3. The van der Waals surface area contributed by atoms with Crippen LogP contribution >= 0.6 is 0 Å². The SMILES string of the molecule is COCC(C)(C)NS(=O)(=O)c1cncc(/C=C/C(=O)O)c1. The zero-order valence-electron chi connectivity index (χ0n) is 12.0. The van der Waals surface area contributed by atoms with Crippen molar-refractivity contribution in [1.82, 2.24) is 9.71 Å². The van der Waals surface area contributed by atoms with Crippen LogP contribution in [0, 0.1) is 0 Å². The van der Waals surface area contributed by atoms with E-state index >= 15 is 0 Å². The fraction of sp³-hybridized carbons (Fsp3) is 0.385. The topological polar surface area (TPSA) is 106 Å². The quantitative estimate of drug-likeness (QED) is 0.724. The lowest BCUT2D eigenvalue weighted by Crippen LogP contribution is -2.46. The Morgan fingerprint density at radius 1 is 1.48 bits per heavy atom. The highest BCUT2D eigenvalue weighted by atomic mass is 32.2. The standard InChI is InChI=1S/C13H18N2O5S/c1-13(2,9-20-3)15-21(18,19)11-6-10(7-14-8-11)4-5-12(16)17/h4-8,15H,9H2,1-3H3,(H,16,17)/b5-4+. The molecule has 21 heavy (non-hydrogen) atoms. The first-order valence-corrected chi connectivity index (χ1v) is 7.53. The molecular weight excluding hydrogens is 296 g/mol. The highest BCUT2D eigenvalue weighted by Crippen LogP contribution is 2.14. The molecule has 1 rings (SSSR count). The van der Waals surface area contributed by atoms with Crippen molar-refractivity contribution in [3.05, 3.63) is 30.1 Å². The Bertz CT molecular complexity index is 638. The number of aromatic nitrogens is 1. The highest BCUT2D eigenvalue weighted by Gasteiger charge is 2.26. The number of ether oxygens (including phenoxy) is 1. The van der Waals surface area contributed by atoms with E-state index in [0.29, 0.717) is 5.56 Å². The molecule has 0 unspecified atom stereocenters. The lowest BCUT2D eigenvalue weighted by atomic mass is 10.1. The zero-order chi connectivity index (χ0) is 16.1. The Hall–Kier alpha value is -1.77. The van der Waals surface area contributed by atoms with Gasteiger partial charge in [-0.05, 0) is 31.6 Å². The Kier molecular flexibility index (Phi) is 5.59. The van der Waals surface area contributed by atoms with Crippen LogP contribution in [-0.2, 0) is 19.6 Å². The number of hydrogen-bond acceptors (Lipinski definition) is 5. The molecule has 0 saturated carbocycles. The van der Waals surface area contributed by atoms with E-state index in [2.05, 4.69) is 9.71 Å². The monoisotopic (exact) mass is 314 g/mol. The van der Waals surface area contributed by atoms with E-state index < -0.39 is 21.5 Å². The largest absolute Gasteiger partial charge is 0.478 e. The number of pyridine rings is 1. The summed E-state index contributed by atoms with van der Waals surface area (Å²) in [4.78, 5) is 14.2. The third kappa shape index (κ3) is 5.62. The molecule has 0 aliphatic rings. The third-order valence-corrected chi connectivity index (χ3v) is 4.04. The number of methoxy groups -OCH3 is 1. The molecule has 0 radical (unpaired) electrons. The molecule has 1 heterocycles. The van der Waals surface area contributed by atoms with E-state index in [1.807, 2.05) is 0 Å². The van der Waals surface area contributed by atoms with E-state index in [1.54, 1.807) is 13.8 Å². The van der Waals surface area contributed by atoms with Crippen LogP contribution in [0.1, 0.15) is 19.4 Å². The van der Waals surface area contributed by atoms with Gasteiger partial charge < -0.3 is 9.84 Å². The summed E-state index contributed by atoms with van der Waals surface area (Å²) in [6.07, 6.45) is 4.76. The van der Waals surface area contributed by atoms with Gasteiger partial charge in [-0.25, -0.2) is 17.9 Å². The van der Waals surface area contributed by atoms with E-state index in [4.69, 9.17) is 9.84 Å². The summed E-state index contributed by atoms with van der Waals surface area (Å²) in [7, 11) is -2.29. The summed E-state index contributed by atoms with van der Waals surface area (Å²) < 4.78 is 32.0. The molecule has 0 atom stereocenters. The van der Waals surface area contributed by atoms with Crippen LogP contribution in [0.15, 0.2) is 29.4 Å². The second kappa shape index (κ2) is 6.79. The maximum absolute atomic E-state index is 12.3. The minimum Gasteiger partial charge on any atom is -0.478 e. The van der Waals surface area contributed by atoms with Crippen molar-refractivity contribution in [3.63, 3.8) is 0 Å². The van der Waals surface area contributed by atoms with E-state index in [0.717, 1.165) is 6.08 Å². The molecule has 8 heteroatoms. The number of carbonyl (C=O) groups is 1. The Labute approximate surface area is 123 Å². The fourth-order valence-electron chi connectivity index (χ4n) is 1.65. The number of carboxylic acid groups (broad SMARTS) is 1. The molecule has 0 saturated heterocycles. The van der Waals surface area contributed by atoms with Crippen LogP contribution in [-0.4, -0.2) is 43.7 Å². The first-order chi connectivity index (χ1) is 9.66. The smallest absolute Gasteiger partial charge is 0.328 e. The third-order valence-electron chi connectivity index (χ3n) is 2.38. The van der Waals surface area contributed by atoms with Crippen molar-refractivity contribution in [3.8, 4) is 0 Å². The van der Waals surface area contributed by atoms with Crippen molar-refractivity contribution in [2.45, 2.75) is 24.3 Å². The van der Waals surface area contributed by atoms with Crippen molar-refractivity contribution >= 4 is 22.1 Å². The van der Waals surface area contributed by atoms with Crippen LogP contribution in [0.4, 0.5) is 0 Å². The van der Waals surface area contributed by atoms with Gasteiger partial charge in [0.05, 0.1) is 12.1 Å². The van der Waals surface area contributed by atoms with E-state index in [-0.39, 0.29) is 11.5 Å². The molecule has 0 spiro atoms. The molecule has 1 aromatic rings. The number of aliphatic carboxylic acids is 1. The van der Waals surface area contributed by atoms with Crippen LogP contribution in [0.3, 0.4) is 0 Å². The first-order valence-electron chi connectivity index (χ1n) is 6.05. The second-order valence-corrected chi connectivity index (χ2v) is 6.73. The van der Waals surface area contributed by atoms with Gasteiger partial charge in [-0.1, -0.05) is 0 Å². The lowest BCUT2D eigenvalue weighted by Gasteiger charge is -2.24. The maximum atomic E-state index is 12.3. The van der Waals surface area contributed by atoms with Crippen LogP contribution in [0.25, 0.3) is 6.08 Å². The minimum absolute atomic E-state index is 0.0424. The number of nitrogens with zero attached hydrogens (tertiary/aromatic N) is 1. The number of sulfonamides is 1. The summed E-state index contributed by atoms with van der Waals surface area (Å²) in [5.74, 6) is -1.12. The molecule has 0 amide bonds. The van der Waals surface area contributed by atoms with Gasteiger partial charge in [0.2, 0.25) is 10.0 Å².